The highest BCUT2D eigenvalue weighted by atomic mass is 16.5. The van der Waals surface area contributed by atoms with E-state index in [1.807, 2.05) is 32.9 Å². The molecule has 0 radical (unpaired) electrons. The molecule has 7 nitrogen and oxygen atoms in total. The molecule has 1 fully saturated rings. The summed E-state index contributed by atoms with van der Waals surface area (Å²) in [5.41, 5.74) is 0.983. The van der Waals surface area contributed by atoms with Gasteiger partial charge in [0, 0.05) is 23.7 Å². The second-order valence-corrected chi connectivity index (χ2v) is 12.9. The number of hydrogen-bond donors (Lipinski definition) is 5. The number of allylic oxidation sites excluding steroid dienone is 2. The van der Waals surface area contributed by atoms with Crippen LogP contribution < -0.4 is 0 Å². The summed E-state index contributed by atoms with van der Waals surface area (Å²) in [4.78, 5) is 11.5. The van der Waals surface area contributed by atoms with E-state index in [0.717, 1.165) is 24.8 Å². The van der Waals surface area contributed by atoms with Crippen LogP contribution in [0.15, 0.2) is 23.8 Å². The predicted molar refractivity (Wildman–Crippen MR) is 161 cm³/mol. The lowest BCUT2D eigenvalue weighted by atomic mass is 9.76. The zero-order valence-electron chi connectivity index (χ0n) is 26.5. The van der Waals surface area contributed by atoms with Gasteiger partial charge in [-0.15, -0.1) is 0 Å². The fraction of sp³-hybridized carbons (Fsp3) is 0.848. The van der Waals surface area contributed by atoms with Crippen LogP contribution in [0.5, 0.6) is 0 Å². The molecule has 0 aliphatic carbocycles. The highest BCUT2D eigenvalue weighted by Crippen LogP contribution is 2.36. The molecule has 234 valence electrons. The Kier molecular flexibility index (Phi) is 16.2. The van der Waals surface area contributed by atoms with Gasteiger partial charge in [-0.25, -0.2) is 0 Å². The number of aliphatic carboxylic acids is 1. The van der Waals surface area contributed by atoms with Crippen molar-refractivity contribution in [2.24, 2.45) is 41.4 Å². The van der Waals surface area contributed by atoms with Crippen molar-refractivity contribution in [2.75, 3.05) is 0 Å². The van der Waals surface area contributed by atoms with Gasteiger partial charge in [0.2, 0.25) is 0 Å². The highest BCUT2D eigenvalue weighted by Gasteiger charge is 2.41. The quantitative estimate of drug-likeness (QED) is 0.145. The van der Waals surface area contributed by atoms with Crippen molar-refractivity contribution in [3.05, 3.63) is 23.8 Å². The Morgan fingerprint density at radius 2 is 1.57 bits per heavy atom. The van der Waals surface area contributed by atoms with E-state index in [9.17, 15) is 30.3 Å². The summed E-state index contributed by atoms with van der Waals surface area (Å²) in [5.74, 6) is -2.17. The summed E-state index contributed by atoms with van der Waals surface area (Å²) in [6, 6.07) is 0. The van der Waals surface area contributed by atoms with Gasteiger partial charge >= 0.3 is 5.97 Å². The lowest BCUT2D eigenvalue weighted by Gasteiger charge is -2.43. The lowest BCUT2D eigenvalue weighted by Crippen LogP contribution is -2.49. The normalized spacial score (nSPS) is 28.2. The van der Waals surface area contributed by atoms with E-state index in [0.29, 0.717) is 25.2 Å². The van der Waals surface area contributed by atoms with Crippen molar-refractivity contribution in [3.8, 4) is 0 Å². The molecule has 0 amide bonds. The van der Waals surface area contributed by atoms with Gasteiger partial charge in [-0.05, 0) is 63.4 Å². The van der Waals surface area contributed by atoms with Gasteiger partial charge < -0.3 is 30.3 Å². The standard InChI is InChI=1S/C33H60O7/c1-10-13-19(2)18-22(5)29(35)20(3)14-11-12-15-27(34)23(6)30(36)25(8)31(37)26(9)32-21(4)16-17-28(40-32)24(7)33(38)39/h11,14,18-21,23-32,34-37H,10,12-13,15-17H2,1-9H3,(H,38,39)/b14-11+,22-18+/t19-,20+,21-,23-,24+,25-,26-,27-,28-,29+,30-,31-,32+/m0/s1. The van der Waals surface area contributed by atoms with Gasteiger partial charge in [0.1, 0.15) is 0 Å². The zero-order valence-corrected chi connectivity index (χ0v) is 26.5. The van der Waals surface area contributed by atoms with Crippen LogP contribution >= 0.6 is 0 Å². The molecule has 1 aliphatic rings. The Morgan fingerprint density at radius 1 is 0.950 bits per heavy atom. The number of hydrogen-bond acceptors (Lipinski definition) is 6. The van der Waals surface area contributed by atoms with E-state index in [1.54, 1.807) is 20.8 Å². The van der Waals surface area contributed by atoms with Crippen LogP contribution in [-0.2, 0) is 9.53 Å². The molecule has 1 aliphatic heterocycles. The van der Waals surface area contributed by atoms with Crippen molar-refractivity contribution >= 4 is 5.97 Å². The Labute approximate surface area is 243 Å². The number of rotatable bonds is 17. The average Bonchev–Trinajstić information content (AvgIpc) is 2.92. The summed E-state index contributed by atoms with van der Waals surface area (Å²) in [7, 11) is 0. The minimum atomic E-state index is -0.914. The summed E-state index contributed by atoms with van der Waals surface area (Å²) in [5, 5.41) is 53.1. The number of ether oxygens (including phenoxy) is 1. The van der Waals surface area contributed by atoms with Crippen molar-refractivity contribution in [3.63, 3.8) is 0 Å². The number of aliphatic hydroxyl groups is 4. The molecule has 0 bridgehead atoms. The van der Waals surface area contributed by atoms with Gasteiger partial charge in [0.15, 0.2) is 0 Å². The van der Waals surface area contributed by atoms with Gasteiger partial charge in [-0.2, -0.15) is 0 Å². The second-order valence-electron chi connectivity index (χ2n) is 12.9. The molecule has 0 aromatic heterocycles. The van der Waals surface area contributed by atoms with Gasteiger partial charge in [-0.3, -0.25) is 4.79 Å². The van der Waals surface area contributed by atoms with E-state index in [-0.39, 0.29) is 23.9 Å². The fourth-order valence-electron chi connectivity index (χ4n) is 6.19. The molecular weight excluding hydrogens is 508 g/mol. The first-order valence-corrected chi connectivity index (χ1v) is 15.6. The molecule has 5 N–H and O–H groups in total. The van der Waals surface area contributed by atoms with Crippen LogP contribution in [0.2, 0.25) is 0 Å². The summed E-state index contributed by atoms with van der Waals surface area (Å²) >= 11 is 0. The largest absolute Gasteiger partial charge is 0.481 e. The van der Waals surface area contributed by atoms with Crippen LogP contribution in [0.3, 0.4) is 0 Å². The molecule has 1 heterocycles. The van der Waals surface area contributed by atoms with Gasteiger partial charge in [0.25, 0.3) is 0 Å². The molecule has 0 aromatic rings. The molecular formula is C33H60O7. The van der Waals surface area contributed by atoms with Crippen molar-refractivity contribution in [1.29, 1.82) is 0 Å². The fourth-order valence-corrected chi connectivity index (χ4v) is 6.19. The molecule has 7 heteroatoms. The predicted octanol–water partition coefficient (Wildman–Crippen LogP) is 5.60. The third kappa shape index (κ3) is 10.9. The van der Waals surface area contributed by atoms with Crippen LogP contribution in [0.4, 0.5) is 0 Å². The van der Waals surface area contributed by atoms with Crippen LogP contribution in [0, 0.1) is 41.4 Å². The third-order valence-electron chi connectivity index (χ3n) is 9.35. The number of carboxylic acid groups (broad SMARTS) is 1. The topological polar surface area (TPSA) is 127 Å². The van der Waals surface area contributed by atoms with Gasteiger partial charge in [-0.1, -0.05) is 73.1 Å². The van der Waals surface area contributed by atoms with Crippen molar-refractivity contribution < 1.29 is 35.1 Å². The maximum absolute atomic E-state index is 11.5. The number of aliphatic hydroxyl groups excluding tert-OH is 4. The minimum absolute atomic E-state index is 0.0376. The van der Waals surface area contributed by atoms with Gasteiger partial charge in [0.05, 0.1) is 42.5 Å². The Bertz CT molecular complexity index is 796. The molecule has 0 saturated carbocycles. The number of carboxylic acids is 1. The van der Waals surface area contributed by atoms with Crippen molar-refractivity contribution in [1.82, 2.24) is 0 Å². The Balaban J connectivity index is 2.66. The minimum Gasteiger partial charge on any atom is -0.481 e. The van der Waals surface area contributed by atoms with E-state index in [1.165, 1.54) is 0 Å². The summed E-state index contributed by atoms with van der Waals surface area (Å²) in [6.07, 6.45) is 7.17. The number of carbonyl (C=O) groups is 1. The summed E-state index contributed by atoms with van der Waals surface area (Å²) in [6.45, 7) is 17.5. The first kappa shape index (κ1) is 36.8. The molecule has 13 atom stereocenters. The van der Waals surface area contributed by atoms with E-state index in [2.05, 4.69) is 26.8 Å². The van der Waals surface area contributed by atoms with Crippen LogP contribution in [-0.4, -0.2) is 68.1 Å². The van der Waals surface area contributed by atoms with E-state index < -0.39 is 54.2 Å². The monoisotopic (exact) mass is 568 g/mol. The second kappa shape index (κ2) is 17.6. The first-order chi connectivity index (χ1) is 18.6. The zero-order chi connectivity index (χ0) is 30.7. The summed E-state index contributed by atoms with van der Waals surface area (Å²) < 4.78 is 6.19. The average molecular weight is 569 g/mol. The van der Waals surface area contributed by atoms with E-state index in [4.69, 9.17) is 4.74 Å². The maximum Gasteiger partial charge on any atom is 0.308 e. The van der Waals surface area contributed by atoms with Crippen LogP contribution in [0.1, 0.15) is 101 Å². The highest BCUT2D eigenvalue weighted by molar-refractivity contribution is 5.70. The molecule has 0 spiro atoms. The first-order valence-electron chi connectivity index (χ1n) is 15.6. The molecule has 40 heavy (non-hydrogen) atoms. The van der Waals surface area contributed by atoms with E-state index >= 15 is 0 Å². The van der Waals surface area contributed by atoms with Crippen molar-refractivity contribution in [2.45, 2.75) is 137 Å². The maximum atomic E-state index is 11.5. The molecule has 0 aromatic carbocycles. The van der Waals surface area contributed by atoms with Crippen LogP contribution in [0.25, 0.3) is 0 Å². The SMILES string of the molecule is CCC[C@H](C)/C=C(\C)[C@H](O)[C@H](C)/C=C/CC[C@H](O)[C@H](C)[C@H](O)[C@H](C)[C@H](O)[C@H](C)[C@@H]1O[C@H]([C@@H](C)C(=O)O)CC[C@@H]1C. The molecule has 1 saturated heterocycles. The Hall–Kier alpha value is -1.25. The lowest BCUT2D eigenvalue weighted by molar-refractivity contribution is -0.169. The Morgan fingerprint density at radius 3 is 2.15 bits per heavy atom. The molecule has 1 rings (SSSR count). The molecule has 0 unspecified atom stereocenters. The smallest absolute Gasteiger partial charge is 0.308 e. The third-order valence-corrected chi connectivity index (χ3v) is 9.35.